The minimum atomic E-state index is -0.419. The van der Waals surface area contributed by atoms with E-state index in [0.717, 1.165) is 11.1 Å². The molecule has 0 aromatic heterocycles. The van der Waals surface area contributed by atoms with Gasteiger partial charge in [-0.15, -0.1) is 0 Å². The Morgan fingerprint density at radius 3 is 1.12 bits per heavy atom. The first kappa shape index (κ1) is 17.9. The van der Waals surface area contributed by atoms with Crippen LogP contribution in [-0.4, -0.2) is 12.2 Å². The molecule has 2 aliphatic rings. The van der Waals surface area contributed by atoms with Crippen LogP contribution in [0.15, 0.2) is 24.3 Å². The van der Waals surface area contributed by atoms with Crippen LogP contribution in [0.4, 0.5) is 0 Å². The first-order valence-corrected chi connectivity index (χ1v) is 8.69. The summed E-state index contributed by atoms with van der Waals surface area (Å²) in [6.45, 7) is 17.2. The summed E-state index contributed by atoms with van der Waals surface area (Å²) in [5, 5.41) is 0. The Labute approximate surface area is 145 Å². The highest BCUT2D eigenvalue weighted by molar-refractivity contribution is 5.33. The summed E-state index contributed by atoms with van der Waals surface area (Å²) in [5.41, 5.74) is 1.43. The minimum absolute atomic E-state index is 0.0138. The predicted octanol–water partition coefficient (Wildman–Crippen LogP) is 4.87. The molecule has 4 nitrogen and oxygen atoms in total. The van der Waals surface area contributed by atoms with E-state index in [1.807, 2.05) is 0 Å². The van der Waals surface area contributed by atoms with Crippen molar-refractivity contribution in [1.29, 1.82) is 0 Å². The second-order valence-electron chi connectivity index (χ2n) is 9.64. The van der Waals surface area contributed by atoms with Crippen LogP contribution >= 0.6 is 0 Å². The second-order valence-corrected chi connectivity index (χ2v) is 9.64. The Hall–Kier alpha value is -0.940. The topological polar surface area (TPSA) is 36.9 Å². The summed E-state index contributed by atoms with van der Waals surface area (Å²) in [7, 11) is 0. The maximum Gasteiger partial charge on any atom is 0.155 e. The van der Waals surface area contributed by atoms with Crippen molar-refractivity contribution in [2.45, 2.75) is 78.8 Å². The Kier molecular flexibility index (Phi) is 3.93. The van der Waals surface area contributed by atoms with E-state index in [2.05, 4.69) is 79.7 Å². The molecule has 0 amide bonds. The molecule has 2 heterocycles. The van der Waals surface area contributed by atoms with Gasteiger partial charge in [-0.25, -0.2) is 19.6 Å². The number of benzene rings is 1. The third-order valence-electron chi connectivity index (χ3n) is 5.24. The van der Waals surface area contributed by atoms with Crippen molar-refractivity contribution in [2.24, 2.45) is 10.8 Å². The number of hydrogen-bond acceptors (Lipinski definition) is 4. The molecule has 2 fully saturated rings. The van der Waals surface area contributed by atoms with Crippen LogP contribution in [0, 0.1) is 10.8 Å². The molecule has 4 unspecified atom stereocenters. The van der Waals surface area contributed by atoms with Crippen molar-refractivity contribution in [1.82, 2.24) is 0 Å². The highest BCUT2D eigenvalue weighted by atomic mass is 17.3. The van der Waals surface area contributed by atoms with E-state index in [4.69, 9.17) is 19.6 Å². The zero-order chi connectivity index (χ0) is 18.0. The summed E-state index contributed by atoms with van der Waals surface area (Å²) in [4.78, 5) is 21.9. The van der Waals surface area contributed by atoms with E-state index < -0.39 is 11.2 Å². The number of rotatable bonds is 2. The molecule has 2 aliphatic heterocycles. The summed E-state index contributed by atoms with van der Waals surface area (Å²) < 4.78 is 0. The van der Waals surface area contributed by atoms with E-state index in [-0.39, 0.29) is 23.0 Å². The minimum Gasteiger partial charge on any atom is -0.228 e. The van der Waals surface area contributed by atoms with Crippen molar-refractivity contribution < 1.29 is 19.6 Å². The lowest BCUT2D eigenvalue weighted by Crippen LogP contribution is -2.58. The van der Waals surface area contributed by atoms with Gasteiger partial charge in [-0.2, -0.15) is 0 Å². The van der Waals surface area contributed by atoms with Crippen LogP contribution in [-0.2, 0) is 30.8 Å². The molecule has 24 heavy (non-hydrogen) atoms. The van der Waals surface area contributed by atoms with Crippen LogP contribution in [0.25, 0.3) is 0 Å². The standard InChI is InChI=1S/C20H30O4/c1-17(2,3)15-19(7,23-21-15)13-9-11-14(12-10-13)20(8)16(22-24-20)18(4,5)6/h9-12,15-16H,1-8H3. The molecule has 0 N–H and O–H groups in total. The van der Waals surface area contributed by atoms with Gasteiger partial charge in [0, 0.05) is 0 Å². The monoisotopic (exact) mass is 334 g/mol. The van der Waals surface area contributed by atoms with Gasteiger partial charge in [-0.3, -0.25) is 0 Å². The molecule has 1 aromatic rings. The van der Waals surface area contributed by atoms with Crippen LogP contribution < -0.4 is 0 Å². The molecule has 0 saturated carbocycles. The van der Waals surface area contributed by atoms with Crippen molar-refractivity contribution in [3.8, 4) is 0 Å². The lowest BCUT2D eigenvalue weighted by molar-refractivity contribution is -0.530. The molecule has 0 radical (unpaired) electrons. The fourth-order valence-corrected chi connectivity index (χ4v) is 3.95. The maximum absolute atomic E-state index is 5.53. The van der Waals surface area contributed by atoms with Gasteiger partial charge in [0.15, 0.2) is 11.2 Å². The maximum atomic E-state index is 5.53. The van der Waals surface area contributed by atoms with Crippen LogP contribution in [0.2, 0.25) is 0 Å². The van der Waals surface area contributed by atoms with Crippen LogP contribution in [0.1, 0.15) is 66.5 Å². The molecule has 2 saturated heterocycles. The van der Waals surface area contributed by atoms with Gasteiger partial charge in [-0.05, 0) is 35.8 Å². The summed E-state index contributed by atoms with van der Waals surface area (Å²) in [5.74, 6) is 0. The molecule has 0 bridgehead atoms. The van der Waals surface area contributed by atoms with E-state index >= 15 is 0 Å². The average Bonchev–Trinajstić information content (AvgIpc) is 2.39. The molecule has 134 valence electrons. The molecule has 0 aliphatic carbocycles. The molecule has 0 spiro atoms. The summed E-state index contributed by atoms with van der Waals surface area (Å²) >= 11 is 0. The van der Waals surface area contributed by atoms with E-state index in [1.54, 1.807) is 0 Å². The zero-order valence-corrected chi connectivity index (χ0v) is 16.1. The van der Waals surface area contributed by atoms with Gasteiger partial charge < -0.3 is 0 Å². The Bertz CT molecular complexity index is 555. The third-order valence-corrected chi connectivity index (χ3v) is 5.24. The van der Waals surface area contributed by atoms with Gasteiger partial charge in [0.1, 0.15) is 12.2 Å². The van der Waals surface area contributed by atoms with Crippen molar-refractivity contribution >= 4 is 0 Å². The molecule has 3 rings (SSSR count). The summed E-state index contributed by atoms with van der Waals surface area (Å²) in [6.07, 6.45) is 0.0501. The first-order chi connectivity index (χ1) is 10.9. The fraction of sp³-hybridized carbons (Fsp3) is 0.700. The third kappa shape index (κ3) is 2.60. The summed E-state index contributed by atoms with van der Waals surface area (Å²) in [6, 6.07) is 8.46. The SMILES string of the molecule is CC(C)(C)C1OOC1(C)c1ccc(C2(C)OOC2C(C)(C)C)cc1. The van der Waals surface area contributed by atoms with Gasteiger partial charge in [-0.1, -0.05) is 65.8 Å². The lowest BCUT2D eigenvalue weighted by Gasteiger charge is -2.52. The predicted molar refractivity (Wildman–Crippen MR) is 92.0 cm³/mol. The van der Waals surface area contributed by atoms with Crippen LogP contribution in [0.5, 0.6) is 0 Å². The van der Waals surface area contributed by atoms with Gasteiger partial charge in [0.05, 0.1) is 0 Å². The highest BCUT2D eigenvalue weighted by Gasteiger charge is 2.56. The molecular formula is C20H30O4. The van der Waals surface area contributed by atoms with E-state index in [9.17, 15) is 0 Å². The van der Waals surface area contributed by atoms with E-state index in [0.29, 0.717) is 0 Å². The molecular weight excluding hydrogens is 304 g/mol. The zero-order valence-electron chi connectivity index (χ0n) is 16.1. The molecule has 4 atom stereocenters. The highest BCUT2D eigenvalue weighted by Crippen LogP contribution is 2.50. The van der Waals surface area contributed by atoms with E-state index in [1.165, 1.54) is 0 Å². The Morgan fingerprint density at radius 2 is 0.958 bits per heavy atom. The quantitative estimate of drug-likeness (QED) is 0.723. The van der Waals surface area contributed by atoms with Crippen molar-refractivity contribution in [3.63, 3.8) is 0 Å². The van der Waals surface area contributed by atoms with Gasteiger partial charge >= 0.3 is 0 Å². The lowest BCUT2D eigenvalue weighted by atomic mass is 9.73. The van der Waals surface area contributed by atoms with Crippen molar-refractivity contribution in [3.05, 3.63) is 35.4 Å². The van der Waals surface area contributed by atoms with Crippen LogP contribution in [0.3, 0.4) is 0 Å². The molecule has 4 heteroatoms. The van der Waals surface area contributed by atoms with Gasteiger partial charge in [0.25, 0.3) is 0 Å². The first-order valence-electron chi connectivity index (χ1n) is 8.69. The smallest absolute Gasteiger partial charge is 0.155 e. The van der Waals surface area contributed by atoms with Gasteiger partial charge in [0.2, 0.25) is 0 Å². The Balaban J connectivity index is 1.85. The average molecular weight is 334 g/mol. The largest absolute Gasteiger partial charge is 0.228 e. The number of hydrogen-bond donors (Lipinski definition) is 0. The Morgan fingerprint density at radius 1 is 0.667 bits per heavy atom. The van der Waals surface area contributed by atoms with Crippen molar-refractivity contribution in [2.75, 3.05) is 0 Å². The normalized spacial score (nSPS) is 36.8. The second kappa shape index (κ2) is 5.28. The molecule has 1 aromatic carbocycles. The fourth-order valence-electron chi connectivity index (χ4n) is 3.95.